The van der Waals surface area contributed by atoms with E-state index in [1.54, 1.807) is 0 Å². The summed E-state index contributed by atoms with van der Waals surface area (Å²) in [6.07, 6.45) is 21.1. The van der Waals surface area contributed by atoms with Gasteiger partial charge in [-0.1, -0.05) is 83.6 Å². The summed E-state index contributed by atoms with van der Waals surface area (Å²) in [4.78, 5) is 0. The summed E-state index contributed by atoms with van der Waals surface area (Å²) in [6.45, 7) is 15.9. The van der Waals surface area contributed by atoms with Crippen molar-refractivity contribution in [2.24, 2.45) is 0 Å². The Morgan fingerprint density at radius 1 is 0.650 bits per heavy atom. The van der Waals surface area contributed by atoms with Crippen molar-refractivity contribution >= 4 is 0 Å². The molecule has 0 aliphatic rings. The third-order valence-electron chi connectivity index (χ3n) is 2.73. The van der Waals surface area contributed by atoms with Crippen LogP contribution in [0.1, 0.15) is 91.9 Å². The first-order chi connectivity index (χ1) is 9.74. The molecule has 0 radical (unpaired) electrons. The second kappa shape index (κ2) is 30.9. The quantitative estimate of drug-likeness (QED) is 0.282. The highest BCUT2D eigenvalue weighted by Gasteiger charge is 1.77. The summed E-state index contributed by atoms with van der Waals surface area (Å²) < 4.78 is 0. The smallest absolute Gasteiger partial charge is 0.0351 e. The molecule has 0 heteroatoms. The highest BCUT2D eigenvalue weighted by molar-refractivity contribution is 4.75. The molecule has 20 heavy (non-hydrogen) atoms. The zero-order valence-corrected chi connectivity index (χ0v) is 14.8. The van der Waals surface area contributed by atoms with Gasteiger partial charge in [-0.25, -0.2) is 0 Å². The molecule has 0 nitrogen and oxygen atoms in total. The summed E-state index contributed by atoms with van der Waals surface area (Å²) in [7, 11) is 0. The minimum atomic E-state index is 1.18. The van der Waals surface area contributed by atoms with Gasteiger partial charge in [-0.3, -0.25) is 0 Å². The van der Waals surface area contributed by atoms with Crippen molar-refractivity contribution in [2.45, 2.75) is 91.9 Å². The number of unbranched alkanes of at least 4 members (excludes halogenated alkanes) is 7. The first-order valence-corrected chi connectivity index (χ1v) is 8.57. The van der Waals surface area contributed by atoms with Crippen LogP contribution >= 0.6 is 0 Å². The van der Waals surface area contributed by atoms with Crippen molar-refractivity contribution in [3.05, 3.63) is 37.5 Å². The van der Waals surface area contributed by atoms with Crippen molar-refractivity contribution in [1.29, 1.82) is 0 Å². The molecule has 0 saturated carbocycles. The Morgan fingerprint density at radius 2 is 1.10 bits per heavy atom. The van der Waals surface area contributed by atoms with Crippen LogP contribution in [0.4, 0.5) is 0 Å². The summed E-state index contributed by atoms with van der Waals surface area (Å²) >= 11 is 0. The zero-order valence-electron chi connectivity index (χ0n) is 14.8. The maximum atomic E-state index is 3.63. The van der Waals surface area contributed by atoms with E-state index in [1.807, 2.05) is 12.2 Å². The lowest BCUT2D eigenvalue weighted by Crippen LogP contribution is -1.67. The fourth-order valence-electron chi connectivity index (χ4n) is 1.38. The van der Waals surface area contributed by atoms with E-state index in [-0.39, 0.29) is 0 Å². The fourth-order valence-corrected chi connectivity index (χ4v) is 1.38. The second-order valence-electron chi connectivity index (χ2n) is 4.93. The summed E-state index contributed by atoms with van der Waals surface area (Å²) in [5.74, 6) is 0. The minimum absolute atomic E-state index is 1.18. The molecule has 0 bridgehead atoms. The normalized spacial score (nSPS) is 9.20. The van der Waals surface area contributed by atoms with Gasteiger partial charge in [-0.05, 0) is 32.6 Å². The van der Waals surface area contributed by atoms with Gasteiger partial charge in [0.15, 0.2) is 0 Å². The molecule has 0 heterocycles. The molecule has 0 aliphatic carbocycles. The van der Waals surface area contributed by atoms with Gasteiger partial charge in [0.2, 0.25) is 0 Å². The molecule has 0 spiro atoms. The minimum Gasteiger partial charge on any atom is -0.103 e. The Balaban J connectivity index is -0.000000218. The first kappa shape index (κ1) is 24.3. The van der Waals surface area contributed by atoms with Crippen molar-refractivity contribution < 1.29 is 0 Å². The van der Waals surface area contributed by atoms with Crippen molar-refractivity contribution in [1.82, 2.24) is 0 Å². The van der Waals surface area contributed by atoms with Crippen LogP contribution in [-0.2, 0) is 0 Å². The van der Waals surface area contributed by atoms with Gasteiger partial charge in [0, 0.05) is 0 Å². The molecule has 0 aromatic rings. The van der Waals surface area contributed by atoms with E-state index in [0.717, 1.165) is 0 Å². The monoisotopic (exact) mass is 280 g/mol. The van der Waals surface area contributed by atoms with Gasteiger partial charge >= 0.3 is 0 Å². The van der Waals surface area contributed by atoms with Gasteiger partial charge in [0.1, 0.15) is 0 Å². The molecule has 0 aliphatic heterocycles. The van der Waals surface area contributed by atoms with Gasteiger partial charge < -0.3 is 0 Å². The number of allylic oxidation sites excluding steroid dienone is 4. The summed E-state index contributed by atoms with van der Waals surface area (Å²) in [5.41, 5.74) is 0. The van der Waals surface area contributed by atoms with Gasteiger partial charge in [0.05, 0.1) is 0 Å². The SMILES string of the molecule is C=CCCCC.C=CCCCCC.CC=CCCCC. The lowest BCUT2D eigenvalue weighted by molar-refractivity contribution is 0.730. The highest BCUT2D eigenvalue weighted by atomic mass is 13.8. The van der Waals surface area contributed by atoms with Crippen LogP contribution in [0.15, 0.2) is 37.5 Å². The van der Waals surface area contributed by atoms with Gasteiger partial charge in [-0.15, -0.1) is 13.2 Å². The van der Waals surface area contributed by atoms with Crippen LogP contribution in [0.2, 0.25) is 0 Å². The van der Waals surface area contributed by atoms with Crippen LogP contribution in [0.3, 0.4) is 0 Å². The second-order valence-corrected chi connectivity index (χ2v) is 4.93. The Hall–Kier alpha value is -0.780. The Bertz CT molecular complexity index is 176. The molecule has 0 aromatic heterocycles. The first-order valence-electron chi connectivity index (χ1n) is 8.57. The largest absolute Gasteiger partial charge is 0.103 e. The topological polar surface area (TPSA) is 0 Å². The molecule has 0 atom stereocenters. The third-order valence-corrected chi connectivity index (χ3v) is 2.73. The molecule has 120 valence electrons. The van der Waals surface area contributed by atoms with Crippen LogP contribution in [-0.4, -0.2) is 0 Å². The van der Waals surface area contributed by atoms with E-state index in [1.165, 1.54) is 64.2 Å². The van der Waals surface area contributed by atoms with Gasteiger partial charge in [-0.2, -0.15) is 0 Å². The predicted octanol–water partition coefficient (Wildman–Crippen LogP) is 7.87. The highest BCUT2D eigenvalue weighted by Crippen LogP contribution is 1.97. The summed E-state index contributed by atoms with van der Waals surface area (Å²) in [6, 6.07) is 0. The zero-order chi connectivity index (χ0) is 15.9. The Morgan fingerprint density at radius 3 is 1.45 bits per heavy atom. The van der Waals surface area contributed by atoms with Crippen LogP contribution < -0.4 is 0 Å². The average Bonchev–Trinajstić information content (AvgIpc) is 2.48. The molecule has 0 unspecified atom stereocenters. The lowest BCUT2D eigenvalue weighted by Gasteiger charge is -1.87. The maximum Gasteiger partial charge on any atom is -0.0351 e. The number of hydrogen-bond donors (Lipinski definition) is 0. The molecule has 0 N–H and O–H groups in total. The summed E-state index contributed by atoms with van der Waals surface area (Å²) in [5, 5.41) is 0. The molecule has 0 saturated heterocycles. The Labute approximate surface area is 130 Å². The van der Waals surface area contributed by atoms with Crippen molar-refractivity contribution in [2.75, 3.05) is 0 Å². The molecule has 0 rings (SSSR count). The van der Waals surface area contributed by atoms with E-state index in [9.17, 15) is 0 Å². The van der Waals surface area contributed by atoms with Crippen molar-refractivity contribution in [3.63, 3.8) is 0 Å². The molecule has 0 aromatic carbocycles. The fraction of sp³-hybridized carbons (Fsp3) is 0.700. The molecular formula is C20H40. The van der Waals surface area contributed by atoms with Crippen molar-refractivity contribution in [3.8, 4) is 0 Å². The molecular weight excluding hydrogens is 240 g/mol. The van der Waals surface area contributed by atoms with E-state index < -0.39 is 0 Å². The van der Waals surface area contributed by atoms with Crippen LogP contribution in [0.5, 0.6) is 0 Å². The standard InChI is InChI=1S/2C7H14.C6H12/c2*1-3-5-7-6-4-2;1-3-5-6-4-2/h3,5H,4,6-7H2,1-2H3;3H,1,4-7H2,2H3;3H,1,4-6H2,2H3. The van der Waals surface area contributed by atoms with Crippen LogP contribution in [0, 0.1) is 0 Å². The van der Waals surface area contributed by atoms with E-state index >= 15 is 0 Å². The number of rotatable bonds is 10. The predicted molar refractivity (Wildman–Crippen MR) is 98.4 cm³/mol. The third kappa shape index (κ3) is 43.4. The molecule has 0 amide bonds. The van der Waals surface area contributed by atoms with E-state index in [4.69, 9.17) is 0 Å². The van der Waals surface area contributed by atoms with Crippen LogP contribution in [0.25, 0.3) is 0 Å². The van der Waals surface area contributed by atoms with E-state index in [0.29, 0.717) is 0 Å². The average molecular weight is 281 g/mol. The number of hydrogen-bond acceptors (Lipinski definition) is 0. The van der Waals surface area contributed by atoms with E-state index in [2.05, 4.69) is 53.0 Å². The maximum absolute atomic E-state index is 3.63. The molecule has 0 fully saturated rings. The lowest BCUT2D eigenvalue weighted by atomic mass is 10.2. The van der Waals surface area contributed by atoms with Gasteiger partial charge in [0.25, 0.3) is 0 Å². The Kier molecular flexibility index (Phi) is 37.5.